The molecule has 0 unspecified atom stereocenters. The van der Waals surface area contributed by atoms with Gasteiger partial charge in [0.2, 0.25) is 0 Å². The van der Waals surface area contributed by atoms with Crippen molar-refractivity contribution in [3.63, 3.8) is 0 Å². The maximum atomic E-state index is 13.0. The van der Waals surface area contributed by atoms with Crippen molar-refractivity contribution in [3.8, 4) is 22.5 Å². The van der Waals surface area contributed by atoms with Gasteiger partial charge in [0.25, 0.3) is 0 Å². The van der Waals surface area contributed by atoms with Crippen molar-refractivity contribution in [2.45, 2.75) is 0 Å². The molecule has 0 bridgehead atoms. The van der Waals surface area contributed by atoms with Crippen molar-refractivity contribution in [1.82, 2.24) is 15.2 Å². The Kier molecular flexibility index (Phi) is 3.96. The summed E-state index contributed by atoms with van der Waals surface area (Å²) in [4.78, 5) is 6.75. The van der Waals surface area contributed by atoms with Gasteiger partial charge in [0.15, 0.2) is 0 Å². The van der Waals surface area contributed by atoms with E-state index in [0.717, 1.165) is 54.6 Å². The van der Waals surface area contributed by atoms with Crippen LogP contribution in [0.15, 0.2) is 48.7 Å². The molecule has 4 rings (SSSR count). The van der Waals surface area contributed by atoms with Crippen LogP contribution in [0.5, 0.6) is 0 Å². The zero-order valence-corrected chi connectivity index (χ0v) is 13.1. The van der Waals surface area contributed by atoms with Crippen molar-refractivity contribution in [3.05, 3.63) is 54.5 Å². The summed E-state index contributed by atoms with van der Waals surface area (Å²) in [6.07, 6.45) is 1.83. The monoisotopic (exact) mass is 324 g/mol. The molecule has 3 heterocycles. The first-order chi connectivity index (χ1) is 11.8. The fraction of sp³-hybridized carbons (Fsp3) is 0.222. The third-order valence-corrected chi connectivity index (χ3v) is 4.11. The molecule has 2 aromatic heterocycles. The Balaban J connectivity index is 1.54. The molecule has 0 saturated carbocycles. The van der Waals surface area contributed by atoms with Gasteiger partial charge >= 0.3 is 0 Å². The fourth-order valence-corrected chi connectivity index (χ4v) is 2.76. The molecule has 1 aromatic carbocycles. The van der Waals surface area contributed by atoms with E-state index in [-0.39, 0.29) is 5.82 Å². The lowest BCUT2D eigenvalue weighted by Gasteiger charge is -2.27. The van der Waals surface area contributed by atoms with Gasteiger partial charge < -0.3 is 9.64 Å². The Hall–Kier alpha value is -2.73. The molecule has 1 N–H and O–H groups in total. The Morgan fingerprint density at radius 2 is 1.75 bits per heavy atom. The summed E-state index contributed by atoms with van der Waals surface area (Å²) in [5.74, 6) is 0.706. The molecule has 0 amide bonds. The van der Waals surface area contributed by atoms with Crippen molar-refractivity contribution < 1.29 is 9.13 Å². The quantitative estimate of drug-likeness (QED) is 0.804. The Labute approximate surface area is 139 Å². The number of aromatic nitrogens is 3. The summed E-state index contributed by atoms with van der Waals surface area (Å²) in [6, 6.07) is 12.3. The number of pyridine rings is 1. The lowest BCUT2D eigenvalue weighted by atomic mass is 10.1. The molecule has 3 aromatic rings. The number of morpholine rings is 1. The number of hydrogen-bond acceptors (Lipinski definition) is 4. The van der Waals surface area contributed by atoms with Gasteiger partial charge in [-0.2, -0.15) is 5.10 Å². The summed E-state index contributed by atoms with van der Waals surface area (Å²) in [7, 11) is 0. The number of nitrogens with one attached hydrogen (secondary N) is 1. The summed E-state index contributed by atoms with van der Waals surface area (Å²) < 4.78 is 18.4. The molecule has 1 aliphatic rings. The summed E-state index contributed by atoms with van der Waals surface area (Å²) in [5.41, 5.74) is 3.50. The van der Waals surface area contributed by atoms with Crippen LogP contribution in [-0.2, 0) is 4.74 Å². The molecule has 5 nitrogen and oxygen atoms in total. The van der Waals surface area contributed by atoms with Gasteiger partial charge in [0.05, 0.1) is 24.6 Å². The van der Waals surface area contributed by atoms with Crippen LogP contribution in [-0.4, -0.2) is 41.5 Å². The Bertz CT molecular complexity index is 808. The minimum Gasteiger partial charge on any atom is -0.378 e. The van der Waals surface area contributed by atoms with E-state index in [9.17, 15) is 4.39 Å². The highest BCUT2D eigenvalue weighted by atomic mass is 19.1. The maximum Gasteiger partial charge on any atom is 0.128 e. The zero-order chi connectivity index (χ0) is 16.4. The van der Waals surface area contributed by atoms with Gasteiger partial charge in [0, 0.05) is 24.8 Å². The molecular weight excluding hydrogens is 307 g/mol. The zero-order valence-electron chi connectivity index (χ0n) is 13.1. The lowest BCUT2D eigenvalue weighted by molar-refractivity contribution is 0.122. The van der Waals surface area contributed by atoms with Crippen molar-refractivity contribution in [2.24, 2.45) is 0 Å². The highest BCUT2D eigenvalue weighted by molar-refractivity contribution is 5.68. The number of nitrogens with zero attached hydrogens (tertiary/aromatic N) is 3. The first-order valence-corrected chi connectivity index (χ1v) is 7.90. The van der Waals surface area contributed by atoms with E-state index in [1.54, 1.807) is 12.1 Å². The standard InChI is InChI=1S/C18H17FN4O/c19-15-4-1-13(2-5-15)16-11-17(22-21-16)14-3-6-18(20-12-14)23-7-9-24-10-8-23/h1-6,11-12H,7-10H2,(H,21,22). The summed E-state index contributed by atoms with van der Waals surface area (Å²) >= 11 is 0. The van der Waals surface area contributed by atoms with E-state index in [1.807, 2.05) is 24.4 Å². The van der Waals surface area contributed by atoms with Crippen LogP contribution < -0.4 is 4.90 Å². The Morgan fingerprint density at radius 1 is 1.00 bits per heavy atom. The first kappa shape index (κ1) is 14.8. The molecule has 0 radical (unpaired) electrons. The second-order valence-electron chi connectivity index (χ2n) is 5.68. The minimum absolute atomic E-state index is 0.249. The largest absolute Gasteiger partial charge is 0.378 e. The summed E-state index contributed by atoms with van der Waals surface area (Å²) in [5, 5.41) is 7.33. The molecule has 0 spiro atoms. The number of halogens is 1. The number of H-pyrrole nitrogens is 1. The molecule has 0 aliphatic carbocycles. The van der Waals surface area contributed by atoms with E-state index in [0.29, 0.717) is 0 Å². The van der Waals surface area contributed by atoms with Gasteiger partial charge in [-0.05, 0) is 48.0 Å². The highest BCUT2D eigenvalue weighted by Crippen LogP contribution is 2.24. The first-order valence-electron chi connectivity index (χ1n) is 7.90. The topological polar surface area (TPSA) is 54.0 Å². The van der Waals surface area contributed by atoms with Crippen LogP contribution in [0.1, 0.15) is 0 Å². The molecule has 122 valence electrons. The number of aromatic amines is 1. The van der Waals surface area contributed by atoms with Crippen molar-refractivity contribution >= 4 is 5.82 Å². The fourth-order valence-electron chi connectivity index (χ4n) is 2.76. The van der Waals surface area contributed by atoms with Crippen LogP contribution >= 0.6 is 0 Å². The second kappa shape index (κ2) is 6.41. The van der Waals surface area contributed by atoms with Gasteiger partial charge in [-0.3, -0.25) is 5.10 Å². The van der Waals surface area contributed by atoms with Crippen LogP contribution in [0.3, 0.4) is 0 Å². The third-order valence-electron chi connectivity index (χ3n) is 4.11. The van der Waals surface area contributed by atoms with E-state index < -0.39 is 0 Å². The number of anilines is 1. The molecule has 1 saturated heterocycles. The van der Waals surface area contributed by atoms with Gasteiger partial charge in [-0.15, -0.1) is 0 Å². The van der Waals surface area contributed by atoms with E-state index >= 15 is 0 Å². The Morgan fingerprint density at radius 3 is 2.46 bits per heavy atom. The van der Waals surface area contributed by atoms with E-state index in [4.69, 9.17) is 4.74 Å². The predicted molar refractivity (Wildman–Crippen MR) is 90.2 cm³/mol. The highest BCUT2D eigenvalue weighted by Gasteiger charge is 2.13. The molecule has 1 aliphatic heterocycles. The molecule has 0 atom stereocenters. The van der Waals surface area contributed by atoms with Gasteiger partial charge in [-0.1, -0.05) is 0 Å². The molecule has 6 heteroatoms. The van der Waals surface area contributed by atoms with Crippen LogP contribution in [0, 0.1) is 5.82 Å². The number of ether oxygens (including phenoxy) is 1. The minimum atomic E-state index is -0.249. The van der Waals surface area contributed by atoms with E-state index in [1.165, 1.54) is 12.1 Å². The third kappa shape index (κ3) is 3.00. The molecule has 1 fully saturated rings. The molecular formula is C18H17FN4O. The average Bonchev–Trinajstić information content (AvgIpc) is 3.13. The maximum absolute atomic E-state index is 13.0. The van der Waals surface area contributed by atoms with E-state index in [2.05, 4.69) is 20.1 Å². The average molecular weight is 324 g/mol. The number of rotatable bonds is 3. The molecule has 24 heavy (non-hydrogen) atoms. The van der Waals surface area contributed by atoms with Crippen LogP contribution in [0.2, 0.25) is 0 Å². The van der Waals surface area contributed by atoms with Crippen molar-refractivity contribution in [1.29, 1.82) is 0 Å². The van der Waals surface area contributed by atoms with Gasteiger partial charge in [0.1, 0.15) is 11.6 Å². The number of hydrogen-bond donors (Lipinski definition) is 1. The normalized spacial score (nSPS) is 14.8. The van der Waals surface area contributed by atoms with Gasteiger partial charge in [-0.25, -0.2) is 9.37 Å². The van der Waals surface area contributed by atoms with Crippen LogP contribution in [0.25, 0.3) is 22.5 Å². The smallest absolute Gasteiger partial charge is 0.128 e. The lowest BCUT2D eigenvalue weighted by Crippen LogP contribution is -2.36. The number of benzene rings is 1. The second-order valence-corrected chi connectivity index (χ2v) is 5.68. The van der Waals surface area contributed by atoms with Crippen LogP contribution in [0.4, 0.5) is 10.2 Å². The summed E-state index contributed by atoms with van der Waals surface area (Å²) in [6.45, 7) is 3.21. The SMILES string of the molecule is Fc1ccc(-c2cc(-c3ccc(N4CCOCC4)nc3)n[nH]2)cc1. The predicted octanol–water partition coefficient (Wildman–Crippen LogP) is 3.11. The van der Waals surface area contributed by atoms with Crippen molar-refractivity contribution in [2.75, 3.05) is 31.2 Å².